The Labute approximate surface area is 123 Å². The molecule has 0 bridgehead atoms. The van der Waals surface area contributed by atoms with E-state index in [1.807, 2.05) is 35.0 Å². The highest BCUT2D eigenvalue weighted by atomic mass is 16.5. The lowest BCUT2D eigenvalue weighted by atomic mass is 10.2. The molecule has 1 aromatic heterocycles. The number of ether oxygens (including phenoxy) is 1. The fourth-order valence-corrected chi connectivity index (χ4v) is 2.06. The highest BCUT2D eigenvalue weighted by Gasteiger charge is 1.99. The third kappa shape index (κ3) is 3.30. The maximum absolute atomic E-state index is 5.76. The van der Waals surface area contributed by atoms with Crippen LogP contribution in [0.4, 0.5) is 0 Å². The summed E-state index contributed by atoms with van der Waals surface area (Å²) < 4.78 is 7.73. The summed E-state index contributed by atoms with van der Waals surface area (Å²) in [5, 5.41) is 0. The largest absolute Gasteiger partial charge is 0.489 e. The fraction of sp³-hybridized carbons (Fsp3) is 0.118. The zero-order valence-corrected chi connectivity index (χ0v) is 11.6. The minimum atomic E-state index is 0.548. The number of rotatable bonds is 5. The van der Waals surface area contributed by atoms with Gasteiger partial charge in [-0.05, 0) is 35.4 Å². The monoisotopic (exact) mass is 279 g/mol. The molecule has 0 saturated carbocycles. The van der Waals surface area contributed by atoms with Crippen LogP contribution in [-0.4, -0.2) is 9.55 Å². The number of benzene rings is 2. The van der Waals surface area contributed by atoms with E-state index in [1.54, 1.807) is 12.5 Å². The van der Waals surface area contributed by atoms with Crippen LogP contribution in [0.2, 0.25) is 0 Å². The molecule has 4 heteroatoms. The summed E-state index contributed by atoms with van der Waals surface area (Å²) in [7, 11) is 0. The van der Waals surface area contributed by atoms with Crippen LogP contribution in [0.25, 0.3) is 5.69 Å². The molecule has 0 saturated heterocycles. The van der Waals surface area contributed by atoms with Crippen LogP contribution >= 0.6 is 0 Å². The minimum absolute atomic E-state index is 0.548. The minimum Gasteiger partial charge on any atom is -0.489 e. The van der Waals surface area contributed by atoms with Crippen molar-refractivity contribution in [3.05, 3.63) is 78.4 Å². The summed E-state index contributed by atoms with van der Waals surface area (Å²) in [6.07, 6.45) is 5.47. The first-order valence-electron chi connectivity index (χ1n) is 6.84. The molecule has 0 radical (unpaired) electrons. The Hall–Kier alpha value is -2.59. The molecule has 0 spiro atoms. The van der Waals surface area contributed by atoms with Crippen LogP contribution in [0.3, 0.4) is 0 Å². The second kappa shape index (κ2) is 6.24. The van der Waals surface area contributed by atoms with E-state index < -0.39 is 0 Å². The number of imidazole rings is 1. The van der Waals surface area contributed by atoms with Crippen LogP contribution in [0.1, 0.15) is 11.1 Å². The number of hydrogen-bond acceptors (Lipinski definition) is 3. The number of nitrogens with two attached hydrogens (primary N) is 1. The van der Waals surface area contributed by atoms with Gasteiger partial charge in [0.25, 0.3) is 0 Å². The zero-order chi connectivity index (χ0) is 14.5. The molecule has 0 fully saturated rings. The number of hydrogen-bond donors (Lipinski definition) is 1. The molecule has 2 N–H and O–H groups in total. The second-order valence-electron chi connectivity index (χ2n) is 4.77. The third-order valence-electron chi connectivity index (χ3n) is 3.30. The molecule has 4 nitrogen and oxygen atoms in total. The van der Waals surface area contributed by atoms with E-state index in [-0.39, 0.29) is 0 Å². The van der Waals surface area contributed by atoms with Gasteiger partial charge in [0.05, 0.1) is 6.33 Å². The predicted molar refractivity (Wildman–Crippen MR) is 82.2 cm³/mol. The average molecular weight is 279 g/mol. The summed E-state index contributed by atoms with van der Waals surface area (Å²) >= 11 is 0. The first-order chi connectivity index (χ1) is 10.3. The van der Waals surface area contributed by atoms with Gasteiger partial charge < -0.3 is 15.0 Å². The van der Waals surface area contributed by atoms with Gasteiger partial charge in [-0.2, -0.15) is 0 Å². The van der Waals surface area contributed by atoms with E-state index in [1.165, 1.54) is 0 Å². The molecule has 106 valence electrons. The Morgan fingerprint density at radius 2 is 1.67 bits per heavy atom. The average Bonchev–Trinajstić information content (AvgIpc) is 3.08. The Balaban J connectivity index is 1.62. The maximum atomic E-state index is 5.76. The van der Waals surface area contributed by atoms with Gasteiger partial charge >= 0.3 is 0 Å². The number of nitrogens with zero attached hydrogens (tertiary/aromatic N) is 2. The summed E-state index contributed by atoms with van der Waals surface area (Å²) in [6, 6.07) is 16.1. The first-order valence-corrected chi connectivity index (χ1v) is 6.84. The molecule has 2 aromatic carbocycles. The SMILES string of the molecule is NCc1ccc(OCc2ccc(-n3ccnc3)cc2)cc1. The first kappa shape index (κ1) is 13.4. The summed E-state index contributed by atoms with van der Waals surface area (Å²) in [5.74, 6) is 0.853. The van der Waals surface area contributed by atoms with Crippen LogP contribution in [-0.2, 0) is 13.2 Å². The van der Waals surface area contributed by atoms with Crippen LogP contribution in [0.15, 0.2) is 67.3 Å². The van der Waals surface area contributed by atoms with Gasteiger partial charge in [-0.15, -0.1) is 0 Å². The third-order valence-corrected chi connectivity index (χ3v) is 3.30. The second-order valence-corrected chi connectivity index (χ2v) is 4.77. The Morgan fingerprint density at radius 3 is 2.29 bits per heavy atom. The van der Waals surface area contributed by atoms with Gasteiger partial charge in [-0.1, -0.05) is 24.3 Å². The van der Waals surface area contributed by atoms with E-state index in [2.05, 4.69) is 29.2 Å². The molecule has 0 amide bonds. The van der Waals surface area contributed by atoms with Crippen LogP contribution in [0, 0.1) is 0 Å². The summed E-state index contributed by atoms with van der Waals surface area (Å²) in [5.41, 5.74) is 8.89. The van der Waals surface area contributed by atoms with Crippen molar-refractivity contribution in [2.45, 2.75) is 13.2 Å². The van der Waals surface area contributed by atoms with E-state index in [4.69, 9.17) is 10.5 Å². The molecule has 0 atom stereocenters. The lowest BCUT2D eigenvalue weighted by molar-refractivity contribution is 0.306. The van der Waals surface area contributed by atoms with Crippen LogP contribution < -0.4 is 10.5 Å². The van der Waals surface area contributed by atoms with Gasteiger partial charge in [0.2, 0.25) is 0 Å². The predicted octanol–water partition coefficient (Wildman–Crippen LogP) is 2.91. The lowest BCUT2D eigenvalue weighted by Crippen LogP contribution is -1.98. The Kier molecular flexibility index (Phi) is 3.98. The van der Waals surface area contributed by atoms with E-state index in [0.717, 1.165) is 22.6 Å². The maximum Gasteiger partial charge on any atom is 0.119 e. The molecule has 3 aromatic rings. The van der Waals surface area contributed by atoms with Crippen molar-refractivity contribution in [1.29, 1.82) is 0 Å². The van der Waals surface area contributed by atoms with E-state index >= 15 is 0 Å². The molecule has 0 aliphatic carbocycles. The molecule has 0 aliphatic heterocycles. The van der Waals surface area contributed by atoms with Gasteiger partial charge in [-0.3, -0.25) is 0 Å². The highest BCUT2D eigenvalue weighted by molar-refractivity contribution is 5.34. The molecular weight excluding hydrogens is 262 g/mol. The van der Waals surface area contributed by atoms with E-state index in [9.17, 15) is 0 Å². The van der Waals surface area contributed by atoms with E-state index in [0.29, 0.717) is 13.2 Å². The van der Waals surface area contributed by atoms with Gasteiger partial charge in [0.1, 0.15) is 12.4 Å². The van der Waals surface area contributed by atoms with Crippen molar-refractivity contribution in [2.24, 2.45) is 5.73 Å². The Bertz CT molecular complexity index is 673. The lowest BCUT2D eigenvalue weighted by Gasteiger charge is -2.08. The van der Waals surface area contributed by atoms with Gasteiger partial charge in [0.15, 0.2) is 0 Å². The van der Waals surface area contributed by atoms with Crippen LogP contribution in [0.5, 0.6) is 5.75 Å². The van der Waals surface area contributed by atoms with Crippen molar-refractivity contribution in [2.75, 3.05) is 0 Å². The summed E-state index contributed by atoms with van der Waals surface area (Å²) in [4.78, 5) is 4.04. The van der Waals surface area contributed by atoms with Gasteiger partial charge in [0, 0.05) is 24.6 Å². The molecule has 0 aliphatic rings. The zero-order valence-electron chi connectivity index (χ0n) is 11.6. The van der Waals surface area contributed by atoms with Crippen molar-refractivity contribution in [3.63, 3.8) is 0 Å². The van der Waals surface area contributed by atoms with Crippen molar-refractivity contribution < 1.29 is 4.74 Å². The molecule has 0 unspecified atom stereocenters. The Morgan fingerprint density at radius 1 is 0.952 bits per heavy atom. The standard InChI is InChI=1S/C17H17N3O/c18-11-14-3-7-17(8-4-14)21-12-15-1-5-16(6-2-15)20-10-9-19-13-20/h1-10,13H,11-12,18H2. The number of aromatic nitrogens is 2. The smallest absolute Gasteiger partial charge is 0.119 e. The molecule has 3 rings (SSSR count). The van der Waals surface area contributed by atoms with Crippen molar-refractivity contribution >= 4 is 0 Å². The highest BCUT2D eigenvalue weighted by Crippen LogP contribution is 2.15. The van der Waals surface area contributed by atoms with Crippen molar-refractivity contribution in [1.82, 2.24) is 9.55 Å². The van der Waals surface area contributed by atoms with Gasteiger partial charge in [-0.25, -0.2) is 4.98 Å². The fourth-order valence-electron chi connectivity index (χ4n) is 2.06. The normalized spacial score (nSPS) is 10.5. The van der Waals surface area contributed by atoms with Crippen molar-refractivity contribution in [3.8, 4) is 11.4 Å². The molecular formula is C17H17N3O. The summed E-state index contributed by atoms with van der Waals surface area (Å²) in [6.45, 7) is 1.10. The topological polar surface area (TPSA) is 53.1 Å². The quantitative estimate of drug-likeness (QED) is 0.781. The molecule has 1 heterocycles. The molecule has 21 heavy (non-hydrogen) atoms.